The van der Waals surface area contributed by atoms with E-state index in [1.54, 1.807) is 49.2 Å². The molecule has 0 N–H and O–H groups in total. The molecule has 4 aromatic rings. The number of piperazine rings is 1. The summed E-state index contributed by atoms with van der Waals surface area (Å²) in [4.78, 5) is 37.8. The van der Waals surface area contributed by atoms with Gasteiger partial charge >= 0.3 is 6.61 Å². The second-order valence-electron chi connectivity index (χ2n) is 9.89. The fraction of sp³-hybridized carbons (Fsp3) is 0.357. The van der Waals surface area contributed by atoms with Crippen LogP contribution >= 0.6 is 0 Å². The lowest BCUT2D eigenvalue weighted by Crippen LogP contribution is -2.53. The molecule has 0 saturated carbocycles. The lowest BCUT2D eigenvalue weighted by molar-refractivity contribution is -0.131. The van der Waals surface area contributed by atoms with Crippen molar-refractivity contribution in [3.63, 3.8) is 0 Å². The third-order valence-corrected chi connectivity index (χ3v) is 7.20. The molecule has 1 amide bonds. The van der Waals surface area contributed by atoms with Gasteiger partial charge in [-0.05, 0) is 37.6 Å². The minimum atomic E-state index is -2.95. The van der Waals surface area contributed by atoms with Crippen LogP contribution in [0.1, 0.15) is 25.0 Å². The maximum atomic E-state index is 13.0. The first kappa shape index (κ1) is 26.3. The van der Waals surface area contributed by atoms with Crippen LogP contribution in [0.25, 0.3) is 22.0 Å². The van der Waals surface area contributed by atoms with E-state index in [1.807, 2.05) is 30.9 Å². The molecule has 0 spiro atoms. The van der Waals surface area contributed by atoms with Crippen LogP contribution in [0.3, 0.4) is 0 Å². The zero-order valence-electron chi connectivity index (χ0n) is 22.3. The SMILES string of the molecule is CC(=O)N1CCN(c2ncc(-c3ccc4c(=O)n(C)n(Cc5cc(C)ccc5OC(F)F)c4c3)cn2)C[C@@H]1C. The summed E-state index contributed by atoms with van der Waals surface area (Å²) in [6, 6.07) is 10.6. The predicted molar refractivity (Wildman–Crippen MR) is 144 cm³/mol. The van der Waals surface area contributed by atoms with Gasteiger partial charge in [-0.15, -0.1) is 0 Å². The summed E-state index contributed by atoms with van der Waals surface area (Å²) in [5.74, 6) is 0.731. The van der Waals surface area contributed by atoms with Crippen molar-refractivity contribution in [3.8, 4) is 16.9 Å². The molecule has 1 fully saturated rings. The van der Waals surface area contributed by atoms with Gasteiger partial charge in [-0.25, -0.2) is 9.97 Å². The van der Waals surface area contributed by atoms with Crippen molar-refractivity contribution in [1.82, 2.24) is 24.2 Å². The molecule has 1 atom stereocenters. The minimum Gasteiger partial charge on any atom is -0.434 e. The van der Waals surface area contributed by atoms with Crippen molar-refractivity contribution in [3.05, 3.63) is 70.3 Å². The number of nitrogens with zero attached hydrogens (tertiary/aromatic N) is 6. The minimum absolute atomic E-state index is 0.0633. The highest BCUT2D eigenvalue weighted by Crippen LogP contribution is 2.27. The Balaban J connectivity index is 1.45. The molecule has 2 aromatic carbocycles. The van der Waals surface area contributed by atoms with Crippen molar-refractivity contribution in [2.45, 2.75) is 40.0 Å². The summed E-state index contributed by atoms with van der Waals surface area (Å²) in [6.07, 6.45) is 3.48. The van der Waals surface area contributed by atoms with E-state index in [0.717, 1.165) is 16.7 Å². The van der Waals surface area contributed by atoms with Gasteiger partial charge in [0.25, 0.3) is 5.56 Å². The first-order valence-electron chi connectivity index (χ1n) is 12.7. The van der Waals surface area contributed by atoms with E-state index in [1.165, 1.54) is 10.7 Å². The Kier molecular flexibility index (Phi) is 7.07. The molecule has 11 heteroatoms. The topological polar surface area (TPSA) is 85.5 Å². The van der Waals surface area contributed by atoms with Crippen molar-refractivity contribution in [1.29, 1.82) is 0 Å². The van der Waals surface area contributed by atoms with E-state index in [9.17, 15) is 18.4 Å². The summed E-state index contributed by atoms with van der Waals surface area (Å²) in [7, 11) is 1.65. The average Bonchev–Trinajstić information content (AvgIpc) is 3.14. The lowest BCUT2D eigenvalue weighted by Gasteiger charge is -2.39. The molecule has 1 saturated heterocycles. The first-order valence-corrected chi connectivity index (χ1v) is 12.7. The largest absolute Gasteiger partial charge is 0.434 e. The standard InChI is InChI=1S/C28H30F2N6O3/c1-17-5-8-25(39-27(29)30)21(11-17)16-36-24-12-20(6-7-23(24)26(38)33(36)4)22-13-31-28(32-14-22)34-9-10-35(19(3)37)18(2)15-34/h5-8,11-14,18,27H,9-10,15-16H2,1-4H3/t18-/m0/s1. The van der Waals surface area contributed by atoms with Crippen LogP contribution in [0.4, 0.5) is 14.7 Å². The number of alkyl halides is 2. The molecular weight excluding hydrogens is 506 g/mol. The second kappa shape index (κ2) is 10.5. The summed E-state index contributed by atoms with van der Waals surface area (Å²) < 4.78 is 34.0. The summed E-state index contributed by atoms with van der Waals surface area (Å²) in [5.41, 5.74) is 3.49. The zero-order chi connectivity index (χ0) is 27.8. The van der Waals surface area contributed by atoms with Crippen LogP contribution in [-0.2, 0) is 18.4 Å². The highest BCUT2D eigenvalue weighted by Gasteiger charge is 2.26. The predicted octanol–water partition coefficient (Wildman–Crippen LogP) is 3.81. The average molecular weight is 537 g/mol. The van der Waals surface area contributed by atoms with Crippen molar-refractivity contribution >= 4 is 22.8 Å². The van der Waals surface area contributed by atoms with Gasteiger partial charge in [-0.1, -0.05) is 23.8 Å². The van der Waals surface area contributed by atoms with Crippen LogP contribution in [-0.4, -0.2) is 62.4 Å². The van der Waals surface area contributed by atoms with Gasteiger partial charge in [0, 0.05) is 63.2 Å². The monoisotopic (exact) mass is 536 g/mol. The molecule has 5 rings (SSSR count). The number of amides is 1. The van der Waals surface area contributed by atoms with Crippen LogP contribution in [0, 0.1) is 6.92 Å². The van der Waals surface area contributed by atoms with E-state index in [2.05, 4.69) is 14.9 Å². The van der Waals surface area contributed by atoms with Crippen LogP contribution in [0.15, 0.2) is 53.6 Å². The van der Waals surface area contributed by atoms with Crippen molar-refractivity contribution in [2.75, 3.05) is 24.5 Å². The third-order valence-electron chi connectivity index (χ3n) is 7.20. The van der Waals surface area contributed by atoms with E-state index in [4.69, 9.17) is 4.74 Å². The number of carbonyl (C=O) groups is 1. The molecule has 1 aliphatic rings. The number of rotatable bonds is 6. The smallest absolute Gasteiger partial charge is 0.387 e. The highest BCUT2D eigenvalue weighted by molar-refractivity contribution is 5.84. The molecular formula is C28H30F2N6O3. The maximum absolute atomic E-state index is 13.0. The van der Waals surface area contributed by atoms with E-state index < -0.39 is 6.61 Å². The van der Waals surface area contributed by atoms with Gasteiger partial charge < -0.3 is 14.5 Å². The summed E-state index contributed by atoms with van der Waals surface area (Å²) in [6.45, 7) is 4.60. The van der Waals surface area contributed by atoms with Gasteiger partial charge in [-0.2, -0.15) is 8.78 Å². The number of halogens is 2. The summed E-state index contributed by atoms with van der Waals surface area (Å²) >= 11 is 0. The normalized spacial score (nSPS) is 15.8. The molecule has 39 heavy (non-hydrogen) atoms. The Labute approximate surface area is 224 Å². The fourth-order valence-electron chi connectivity index (χ4n) is 5.19. The molecule has 9 nitrogen and oxygen atoms in total. The van der Waals surface area contributed by atoms with Gasteiger partial charge in [0.1, 0.15) is 5.75 Å². The number of hydrogen-bond acceptors (Lipinski definition) is 6. The van der Waals surface area contributed by atoms with Gasteiger partial charge in [0.15, 0.2) is 0 Å². The third kappa shape index (κ3) is 5.21. The van der Waals surface area contributed by atoms with Crippen molar-refractivity contribution < 1.29 is 18.3 Å². The fourth-order valence-corrected chi connectivity index (χ4v) is 5.19. The van der Waals surface area contributed by atoms with Crippen LogP contribution < -0.4 is 15.2 Å². The molecule has 2 aromatic heterocycles. The Morgan fingerprint density at radius 2 is 1.85 bits per heavy atom. The van der Waals surface area contributed by atoms with Gasteiger partial charge in [0.05, 0.1) is 17.4 Å². The molecule has 3 heterocycles. The number of anilines is 1. The molecule has 0 bridgehead atoms. The van der Waals surface area contributed by atoms with Crippen LogP contribution in [0.5, 0.6) is 5.75 Å². The zero-order valence-corrected chi connectivity index (χ0v) is 22.3. The number of fused-ring (bicyclic) bond motifs is 1. The Hall–Kier alpha value is -4.28. The number of hydrogen-bond donors (Lipinski definition) is 0. The van der Waals surface area contributed by atoms with E-state index in [0.29, 0.717) is 42.0 Å². The Morgan fingerprint density at radius 3 is 2.51 bits per heavy atom. The van der Waals surface area contributed by atoms with E-state index in [-0.39, 0.29) is 29.8 Å². The lowest BCUT2D eigenvalue weighted by atomic mass is 10.1. The quantitative estimate of drug-likeness (QED) is 0.373. The molecule has 0 unspecified atom stereocenters. The Bertz CT molecular complexity index is 1580. The summed E-state index contributed by atoms with van der Waals surface area (Å²) in [5, 5.41) is 0.514. The molecule has 1 aliphatic heterocycles. The number of benzene rings is 2. The number of carbonyl (C=O) groups excluding carboxylic acids is 1. The number of aryl methyl sites for hydroxylation is 1. The molecule has 0 radical (unpaired) electrons. The molecule has 204 valence electrons. The Morgan fingerprint density at radius 1 is 1.10 bits per heavy atom. The molecule has 0 aliphatic carbocycles. The van der Waals surface area contributed by atoms with Crippen molar-refractivity contribution in [2.24, 2.45) is 7.05 Å². The number of aromatic nitrogens is 4. The number of ether oxygens (including phenoxy) is 1. The second-order valence-corrected chi connectivity index (χ2v) is 9.89. The van der Waals surface area contributed by atoms with Gasteiger partial charge in [-0.3, -0.25) is 19.0 Å². The van der Waals surface area contributed by atoms with E-state index >= 15 is 0 Å². The maximum Gasteiger partial charge on any atom is 0.387 e. The van der Waals surface area contributed by atoms with Crippen LogP contribution in [0.2, 0.25) is 0 Å². The first-order chi connectivity index (χ1) is 18.6. The van der Waals surface area contributed by atoms with Gasteiger partial charge in [0.2, 0.25) is 11.9 Å². The highest BCUT2D eigenvalue weighted by atomic mass is 19.3.